The molecule has 158 valence electrons. The van der Waals surface area contributed by atoms with Gasteiger partial charge in [0.1, 0.15) is 5.82 Å². The molecule has 1 amide bonds. The fourth-order valence-corrected chi connectivity index (χ4v) is 4.53. The lowest BCUT2D eigenvalue weighted by atomic mass is 10.1. The van der Waals surface area contributed by atoms with Crippen LogP contribution in [0.2, 0.25) is 0 Å². The molecule has 2 heterocycles. The van der Waals surface area contributed by atoms with Crippen molar-refractivity contribution in [1.29, 1.82) is 0 Å². The Morgan fingerprint density at radius 2 is 1.61 bits per heavy atom. The second kappa shape index (κ2) is 9.18. The predicted molar refractivity (Wildman–Crippen MR) is 127 cm³/mol. The zero-order chi connectivity index (χ0) is 21.8. The summed E-state index contributed by atoms with van der Waals surface area (Å²) in [5, 5.41) is 6.77. The molecule has 0 saturated carbocycles. The Morgan fingerprint density at radius 1 is 0.935 bits per heavy atom. The van der Waals surface area contributed by atoms with Crippen LogP contribution in [0.25, 0.3) is 11.3 Å². The monoisotopic (exact) mass is 430 g/mol. The molecule has 5 nitrogen and oxygen atoms in total. The molecule has 0 atom stereocenters. The fourth-order valence-electron chi connectivity index (χ4n) is 3.84. The Hall–Kier alpha value is -3.38. The van der Waals surface area contributed by atoms with E-state index in [0.717, 1.165) is 33.1 Å². The smallest absolute Gasteiger partial charge is 0.264 e. The number of thiophene rings is 1. The van der Waals surface area contributed by atoms with Crippen molar-refractivity contribution < 1.29 is 4.79 Å². The number of anilines is 1. The SMILES string of the molecule is CN(C)c1c(CN(Cc2ccccc2)C(=O)c2cccs2)c(-c2ccccc2)nn1C. The average Bonchev–Trinajstić information content (AvgIpc) is 3.42. The van der Waals surface area contributed by atoms with Crippen molar-refractivity contribution >= 4 is 23.1 Å². The molecule has 0 saturated heterocycles. The summed E-state index contributed by atoms with van der Waals surface area (Å²) < 4.78 is 1.90. The van der Waals surface area contributed by atoms with E-state index in [1.54, 1.807) is 0 Å². The van der Waals surface area contributed by atoms with E-state index in [4.69, 9.17) is 5.10 Å². The highest BCUT2D eigenvalue weighted by Crippen LogP contribution is 2.32. The van der Waals surface area contributed by atoms with Crippen LogP contribution in [0.4, 0.5) is 5.82 Å². The maximum atomic E-state index is 13.4. The van der Waals surface area contributed by atoms with Crippen LogP contribution in [-0.4, -0.2) is 34.7 Å². The molecule has 0 unspecified atom stereocenters. The highest BCUT2D eigenvalue weighted by Gasteiger charge is 2.25. The van der Waals surface area contributed by atoms with Crippen LogP contribution in [0.3, 0.4) is 0 Å². The van der Waals surface area contributed by atoms with Crippen LogP contribution in [-0.2, 0) is 20.1 Å². The van der Waals surface area contributed by atoms with Crippen molar-refractivity contribution in [2.45, 2.75) is 13.1 Å². The molecule has 0 spiro atoms. The lowest BCUT2D eigenvalue weighted by Crippen LogP contribution is -2.30. The van der Waals surface area contributed by atoms with Crippen LogP contribution >= 0.6 is 11.3 Å². The van der Waals surface area contributed by atoms with Gasteiger partial charge in [-0.25, -0.2) is 0 Å². The van der Waals surface area contributed by atoms with E-state index >= 15 is 0 Å². The Morgan fingerprint density at radius 3 is 2.23 bits per heavy atom. The number of nitrogens with zero attached hydrogens (tertiary/aromatic N) is 4. The van der Waals surface area contributed by atoms with E-state index in [1.165, 1.54) is 11.3 Å². The second-order valence-electron chi connectivity index (χ2n) is 7.66. The summed E-state index contributed by atoms with van der Waals surface area (Å²) in [5.74, 6) is 1.03. The van der Waals surface area contributed by atoms with Crippen LogP contribution in [0.15, 0.2) is 78.2 Å². The van der Waals surface area contributed by atoms with E-state index < -0.39 is 0 Å². The first-order chi connectivity index (χ1) is 15.0. The molecule has 0 aliphatic carbocycles. The first-order valence-corrected chi connectivity index (χ1v) is 11.1. The number of carbonyl (C=O) groups excluding carboxylic acids is 1. The van der Waals surface area contributed by atoms with Gasteiger partial charge >= 0.3 is 0 Å². The van der Waals surface area contributed by atoms with Gasteiger partial charge in [-0.3, -0.25) is 9.48 Å². The Labute approximate surface area is 187 Å². The first kappa shape index (κ1) is 20.9. The van der Waals surface area contributed by atoms with Crippen molar-refractivity contribution in [2.75, 3.05) is 19.0 Å². The van der Waals surface area contributed by atoms with Gasteiger partial charge in [0, 0.05) is 38.8 Å². The fraction of sp³-hybridized carbons (Fsp3) is 0.200. The zero-order valence-corrected chi connectivity index (χ0v) is 18.8. The van der Waals surface area contributed by atoms with Crippen LogP contribution in [0, 0.1) is 0 Å². The van der Waals surface area contributed by atoms with Gasteiger partial charge in [-0.1, -0.05) is 66.7 Å². The molecule has 6 heteroatoms. The van der Waals surface area contributed by atoms with E-state index in [2.05, 4.69) is 29.2 Å². The average molecular weight is 431 g/mol. The molecule has 2 aromatic carbocycles. The third-order valence-electron chi connectivity index (χ3n) is 5.17. The number of rotatable bonds is 7. The Kier molecular flexibility index (Phi) is 6.18. The van der Waals surface area contributed by atoms with Gasteiger partial charge in [-0.05, 0) is 17.0 Å². The number of aryl methyl sites for hydroxylation is 1. The van der Waals surface area contributed by atoms with Gasteiger partial charge in [0.05, 0.1) is 17.1 Å². The lowest BCUT2D eigenvalue weighted by molar-refractivity contribution is 0.0735. The molecule has 0 aliphatic rings. The minimum Gasteiger partial charge on any atom is -0.363 e. The van der Waals surface area contributed by atoms with E-state index in [0.29, 0.717) is 13.1 Å². The van der Waals surface area contributed by atoms with Crippen LogP contribution in [0.5, 0.6) is 0 Å². The molecule has 4 aromatic rings. The highest BCUT2D eigenvalue weighted by atomic mass is 32.1. The molecular weight excluding hydrogens is 404 g/mol. The maximum Gasteiger partial charge on any atom is 0.264 e. The van der Waals surface area contributed by atoms with Crippen molar-refractivity contribution in [3.05, 3.63) is 94.2 Å². The number of carbonyl (C=O) groups is 1. The van der Waals surface area contributed by atoms with Crippen LogP contribution < -0.4 is 4.90 Å². The summed E-state index contributed by atoms with van der Waals surface area (Å²) in [6.07, 6.45) is 0. The summed E-state index contributed by atoms with van der Waals surface area (Å²) in [5.41, 5.74) is 4.09. The normalized spacial score (nSPS) is 10.8. The van der Waals surface area contributed by atoms with Gasteiger partial charge in [0.15, 0.2) is 0 Å². The molecule has 0 bridgehead atoms. The topological polar surface area (TPSA) is 41.4 Å². The van der Waals surface area contributed by atoms with E-state index in [-0.39, 0.29) is 5.91 Å². The maximum absolute atomic E-state index is 13.4. The molecule has 0 fully saturated rings. The quantitative estimate of drug-likeness (QED) is 0.412. The lowest BCUT2D eigenvalue weighted by Gasteiger charge is -2.24. The molecular formula is C25H26N4OS. The van der Waals surface area contributed by atoms with Gasteiger partial charge < -0.3 is 9.80 Å². The summed E-state index contributed by atoms with van der Waals surface area (Å²) in [6.45, 7) is 1.00. The van der Waals surface area contributed by atoms with Gasteiger partial charge in [-0.15, -0.1) is 11.3 Å². The molecule has 0 radical (unpaired) electrons. The molecule has 0 N–H and O–H groups in total. The Bertz CT molecular complexity index is 1140. The van der Waals surface area contributed by atoms with Crippen molar-refractivity contribution in [3.63, 3.8) is 0 Å². The standard InChI is InChI=1S/C25H26N4OS/c1-27(2)24-21(23(26-28(24)3)20-13-8-5-9-14-20)18-29(17-19-11-6-4-7-12-19)25(30)22-15-10-16-31-22/h4-16H,17-18H2,1-3H3. The highest BCUT2D eigenvalue weighted by molar-refractivity contribution is 7.12. The zero-order valence-electron chi connectivity index (χ0n) is 18.0. The van der Waals surface area contributed by atoms with Gasteiger partial charge in [0.2, 0.25) is 0 Å². The van der Waals surface area contributed by atoms with Gasteiger partial charge in [0.25, 0.3) is 5.91 Å². The van der Waals surface area contributed by atoms with E-state index in [1.807, 2.05) is 84.6 Å². The predicted octanol–water partition coefficient (Wildman–Crippen LogP) is 5.06. The summed E-state index contributed by atoms with van der Waals surface area (Å²) in [6, 6.07) is 24.1. The number of hydrogen-bond donors (Lipinski definition) is 0. The molecule has 31 heavy (non-hydrogen) atoms. The summed E-state index contributed by atoms with van der Waals surface area (Å²) in [7, 11) is 5.98. The minimum atomic E-state index is 0.0337. The molecule has 0 aliphatic heterocycles. The van der Waals surface area contributed by atoms with Crippen molar-refractivity contribution in [1.82, 2.24) is 14.7 Å². The number of amides is 1. The summed E-state index contributed by atoms with van der Waals surface area (Å²) >= 11 is 1.47. The molecule has 4 rings (SSSR count). The Balaban J connectivity index is 1.78. The minimum absolute atomic E-state index is 0.0337. The third-order valence-corrected chi connectivity index (χ3v) is 6.03. The summed E-state index contributed by atoms with van der Waals surface area (Å²) in [4.78, 5) is 18.2. The van der Waals surface area contributed by atoms with E-state index in [9.17, 15) is 4.79 Å². The largest absolute Gasteiger partial charge is 0.363 e. The number of benzene rings is 2. The number of aromatic nitrogens is 2. The first-order valence-electron chi connectivity index (χ1n) is 10.2. The third kappa shape index (κ3) is 4.54. The van der Waals surface area contributed by atoms with Crippen LogP contribution in [0.1, 0.15) is 20.8 Å². The van der Waals surface area contributed by atoms with Gasteiger partial charge in [-0.2, -0.15) is 5.10 Å². The number of hydrogen-bond acceptors (Lipinski definition) is 4. The van der Waals surface area contributed by atoms with Crippen molar-refractivity contribution in [2.24, 2.45) is 7.05 Å². The molecule has 2 aromatic heterocycles. The van der Waals surface area contributed by atoms with Crippen molar-refractivity contribution in [3.8, 4) is 11.3 Å². The second-order valence-corrected chi connectivity index (χ2v) is 8.61.